The van der Waals surface area contributed by atoms with E-state index in [-0.39, 0.29) is 5.82 Å². The monoisotopic (exact) mass is 248 g/mol. The number of aliphatic carboxylic acids is 1. The predicted molar refractivity (Wildman–Crippen MR) is 66.2 cm³/mol. The Morgan fingerprint density at radius 3 is 2.44 bits per heavy atom. The SMILES string of the molecule is O=C(O)C1(c2ccc(C3CC3)c(F)c2)CCCC1. The number of rotatable bonds is 3. The van der Waals surface area contributed by atoms with Crippen LogP contribution in [0.3, 0.4) is 0 Å². The Labute approximate surface area is 106 Å². The number of carboxylic acids is 1. The molecule has 2 aliphatic rings. The summed E-state index contributed by atoms with van der Waals surface area (Å²) in [4.78, 5) is 11.5. The lowest BCUT2D eigenvalue weighted by atomic mass is 9.78. The fraction of sp³-hybridized carbons (Fsp3) is 0.533. The topological polar surface area (TPSA) is 37.3 Å². The van der Waals surface area contributed by atoms with Gasteiger partial charge in [-0.15, -0.1) is 0 Å². The number of hydrogen-bond acceptors (Lipinski definition) is 1. The second kappa shape index (κ2) is 4.08. The molecular formula is C15H17FO2. The number of hydrogen-bond donors (Lipinski definition) is 1. The first kappa shape index (κ1) is 11.7. The Morgan fingerprint density at radius 2 is 1.94 bits per heavy atom. The average molecular weight is 248 g/mol. The van der Waals surface area contributed by atoms with Gasteiger partial charge in [0.1, 0.15) is 5.82 Å². The van der Waals surface area contributed by atoms with E-state index in [1.54, 1.807) is 6.07 Å². The number of carboxylic acid groups (broad SMARTS) is 1. The molecule has 1 N–H and O–H groups in total. The summed E-state index contributed by atoms with van der Waals surface area (Å²) in [5.74, 6) is -0.662. The summed E-state index contributed by atoms with van der Waals surface area (Å²) in [5.41, 5.74) is 0.565. The van der Waals surface area contributed by atoms with E-state index in [0.717, 1.165) is 31.2 Å². The smallest absolute Gasteiger partial charge is 0.314 e. The van der Waals surface area contributed by atoms with Gasteiger partial charge < -0.3 is 5.11 Å². The maximum atomic E-state index is 14.0. The van der Waals surface area contributed by atoms with Crippen LogP contribution in [0, 0.1) is 5.82 Å². The molecule has 3 rings (SSSR count). The van der Waals surface area contributed by atoms with Crippen molar-refractivity contribution in [1.82, 2.24) is 0 Å². The van der Waals surface area contributed by atoms with Gasteiger partial charge in [0.25, 0.3) is 0 Å². The Kier molecular flexibility index (Phi) is 2.65. The highest BCUT2D eigenvalue weighted by atomic mass is 19.1. The molecule has 0 heterocycles. The van der Waals surface area contributed by atoms with Crippen molar-refractivity contribution in [3.05, 3.63) is 35.1 Å². The van der Waals surface area contributed by atoms with Gasteiger partial charge >= 0.3 is 5.97 Å². The van der Waals surface area contributed by atoms with Gasteiger partial charge in [0.2, 0.25) is 0 Å². The minimum absolute atomic E-state index is 0.220. The Balaban J connectivity index is 2.00. The molecule has 0 unspecified atom stereocenters. The molecule has 0 radical (unpaired) electrons. The molecule has 2 aliphatic carbocycles. The number of halogens is 1. The van der Waals surface area contributed by atoms with Crippen LogP contribution in [-0.4, -0.2) is 11.1 Å². The maximum absolute atomic E-state index is 14.0. The number of carbonyl (C=O) groups is 1. The van der Waals surface area contributed by atoms with E-state index < -0.39 is 11.4 Å². The largest absolute Gasteiger partial charge is 0.481 e. The van der Waals surface area contributed by atoms with Crippen molar-refractivity contribution in [1.29, 1.82) is 0 Å². The van der Waals surface area contributed by atoms with E-state index >= 15 is 0 Å². The summed E-state index contributed by atoms with van der Waals surface area (Å²) in [7, 11) is 0. The van der Waals surface area contributed by atoms with Crippen LogP contribution in [0.25, 0.3) is 0 Å². The van der Waals surface area contributed by atoms with Gasteiger partial charge in [0.05, 0.1) is 5.41 Å². The first-order valence-electron chi connectivity index (χ1n) is 6.67. The summed E-state index contributed by atoms with van der Waals surface area (Å²) < 4.78 is 14.0. The zero-order chi connectivity index (χ0) is 12.8. The van der Waals surface area contributed by atoms with Crippen molar-refractivity contribution in [3.8, 4) is 0 Å². The first-order chi connectivity index (χ1) is 8.63. The van der Waals surface area contributed by atoms with Crippen molar-refractivity contribution in [3.63, 3.8) is 0 Å². The van der Waals surface area contributed by atoms with E-state index in [2.05, 4.69) is 0 Å². The molecule has 0 atom stereocenters. The Morgan fingerprint density at radius 1 is 1.28 bits per heavy atom. The summed E-state index contributed by atoms with van der Waals surface area (Å²) >= 11 is 0. The third-order valence-corrected chi connectivity index (χ3v) is 4.44. The fourth-order valence-electron chi connectivity index (χ4n) is 3.15. The Hall–Kier alpha value is -1.38. The summed E-state index contributed by atoms with van der Waals surface area (Å²) in [5, 5.41) is 9.48. The summed E-state index contributed by atoms with van der Waals surface area (Å²) in [6.45, 7) is 0. The molecule has 2 fully saturated rings. The van der Waals surface area contributed by atoms with Crippen LogP contribution < -0.4 is 0 Å². The molecule has 0 amide bonds. The van der Waals surface area contributed by atoms with E-state index in [4.69, 9.17) is 0 Å². The standard InChI is InChI=1S/C15H17FO2/c16-13-9-11(5-6-12(13)10-3-4-10)15(14(17)18)7-1-2-8-15/h5-6,9-10H,1-4,7-8H2,(H,17,18). The molecule has 96 valence electrons. The minimum atomic E-state index is -0.844. The van der Waals surface area contributed by atoms with Crippen LogP contribution >= 0.6 is 0 Å². The molecule has 0 aromatic heterocycles. The molecule has 0 spiro atoms. The molecule has 2 saturated carbocycles. The van der Waals surface area contributed by atoms with Gasteiger partial charge in [-0.3, -0.25) is 4.79 Å². The van der Waals surface area contributed by atoms with Gasteiger partial charge in [-0.25, -0.2) is 4.39 Å². The maximum Gasteiger partial charge on any atom is 0.314 e. The van der Waals surface area contributed by atoms with Crippen molar-refractivity contribution in [2.45, 2.75) is 49.9 Å². The molecular weight excluding hydrogens is 231 g/mol. The molecule has 1 aromatic carbocycles. The van der Waals surface area contributed by atoms with Crippen LogP contribution in [-0.2, 0) is 10.2 Å². The van der Waals surface area contributed by atoms with Crippen LogP contribution in [0.1, 0.15) is 55.6 Å². The van der Waals surface area contributed by atoms with Crippen LogP contribution in [0.2, 0.25) is 0 Å². The predicted octanol–water partition coefficient (Wildman–Crippen LogP) is 3.60. The summed E-state index contributed by atoms with van der Waals surface area (Å²) in [6, 6.07) is 5.09. The quantitative estimate of drug-likeness (QED) is 0.887. The van der Waals surface area contributed by atoms with Gasteiger partial charge in [-0.2, -0.15) is 0 Å². The van der Waals surface area contributed by atoms with Gasteiger partial charge in [-0.05, 0) is 48.8 Å². The first-order valence-corrected chi connectivity index (χ1v) is 6.67. The van der Waals surface area contributed by atoms with Gasteiger partial charge in [0.15, 0.2) is 0 Å². The molecule has 0 aliphatic heterocycles. The fourth-order valence-corrected chi connectivity index (χ4v) is 3.15. The zero-order valence-electron chi connectivity index (χ0n) is 10.3. The van der Waals surface area contributed by atoms with Crippen molar-refractivity contribution < 1.29 is 14.3 Å². The molecule has 1 aromatic rings. The molecule has 2 nitrogen and oxygen atoms in total. The highest BCUT2D eigenvalue weighted by Crippen LogP contribution is 2.45. The Bertz CT molecular complexity index is 485. The highest BCUT2D eigenvalue weighted by molar-refractivity contribution is 5.81. The van der Waals surface area contributed by atoms with Crippen molar-refractivity contribution >= 4 is 5.97 Å². The van der Waals surface area contributed by atoms with Crippen molar-refractivity contribution in [2.24, 2.45) is 0 Å². The lowest BCUT2D eigenvalue weighted by Gasteiger charge is -2.24. The van der Waals surface area contributed by atoms with E-state index in [9.17, 15) is 14.3 Å². The van der Waals surface area contributed by atoms with Crippen molar-refractivity contribution in [2.75, 3.05) is 0 Å². The third-order valence-electron chi connectivity index (χ3n) is 4.44. The van der Waals surface area contributed by atoms with Gasteiger partial charge in [0, 0.05) is 0 Å². The average Bonchev–Trinajstić information content (AvgIpc) is 3.05. The van der Waals surface area contributed by atoms with E-state index in [1.807, 2.05) is 6.07 Å². The molecule has 3 heteroatoms. The number of benzene rings is 1. The molecule has 0 saturated heterocycles. The second-order valence-corrected chi connectivity index (χ2v) is 5.60. The van der Waals surface area contributed by atoms with Gasteiger partial charge in [-0.1, -0.05) is 25.0 Å². The van der Waals surface area contributed by atoms with Crippen LogP contribution in [0.15, 0.2) is 18.2 Å². The minimum Gasteiger partial charge on any atom is -0.481 e. The van der Waals surface area contributed by atoms with Crippen LogP contribution in [0.5, 0.6) is 0 Å². The lowest BCUT2D eigenvalue weighted by Crippen LogP contribution is -2.32. The third kappa shape index (κ3) is 1.73. The molecule has 0 bridgehead atoms. The normalized spacial score (nSPS) is 22.1. The van der Waals surface area contributed by atoms with Crippen LogP contribution in [0.4, 0.5) is 4.39 Å². The second-order valence-electron chi connectivity index (χ2n) is 5.60. The van der Waals surface area contributed by atoms with E-state index in [0.29, 0.717) is 24.3 Å². The van der Waals surface area contributed by atoms with E-state index in [1.165, 1.54) is 6.07 Å². The molecule has 18 heavy (non-hydrogen) atoms. The zero-order valence-corrected chi connectivity index (χ0v) is 10.3. The highest BCUT2D eigenvalue weighted by Gasteiger charge is 2.43. The lowest BCUT2D eigenvalue weighted by molar-refractivity contribution is -0.143. The summed E-state index contributed by atoms with van der Waals surface area (Å²) in [6.07, 6.45) is 5.20.